The molecule has 0 bridgehead atoms. The summed E-state index contributed by atoms with van der Waals surface area (Å²) in [6.45, 7) is 4.19. The van der Waals surface area contributed by atoms with Gasteiger partial charge in [-0.2, -0.15) is 0 Å². The Labute approximate surface area is 129 Å². The van der Waals surface area contributed by atoms with E-state index in [9.17, 15) is 0 Å². The van der Waals surface area contributed by atoms with Crippen molar-refractivity contribution in [3.05, 3.63) is 59.6 Å². The number of nitrogens with one attached hydrogen (secondary N) is 1. The van der Waals surface area contributed by atoms with Gasteiger partial charge in [0.1, 0.15) is 5.82 Å². The highest BCUT2D eigenvalue weighted by atomic mass is 35.5. The summed E-state index contributed by atoms with van der Waals surface area (Å²) in [6, 6.07) is 18.4. The molecule has 0 fully saturated rings. The van der Waals surface area contributed by atoms with Gasteiger partial charge in [-0.1, -0.05) is 60.1 Å². The normalized spacial score (nSPS) is 11.0. The van der Waals surface area contributed by atoms with E-state index in [1.54, 1.807) is 0 Å². The summed E-state index contributed by atoms with van der Waals surface area (Å²) >= 11 is 6.68. The predicted octanol–water partition coefficient (Wildman–Crippen LogP) is 5.38. The Kier molecular flexibility index (Phi) is 3.80. The van der Waals surface area contributed by atoms with Crippen molar-refractivity contribution in [3.63, 3.8) is 0 Å². The molecule has 0 saturated heterocycles. The molecular weight excluding hydrogens is 280 g/mol. The zero-order valence-corrected chi connectivity index (χ0v) is 12.9. The van der Waals surface area contributed by atoms with Crippen molar-refractivity contribution in [2.24, 2.45) is 0 Å². The van der Waals surface area contributed by atoms with Crippen molar-refractivity contribution in [1.29, 1.82) is 0 Å². The van der Waals surface area contributed by atoms with Crippen LogP contribution >= 0.6 is 11.6 Å². The van der Waals surface area contributed by atoms with Gasteiger partial charge in [-0.3, -0.25) is 0 Å². The van der Waals surface area contributed by atoms with E-state index in [0.29, 0.717) is 0 Å². The van der Waals surface area contributed by atoms with E-state index in [2.05, 4.69) is 31.3 Å². The number of hydrogen-bond acceptors (Lipinski definition) is 2. The molecule has 2 aromatic carbocycles. The lowest BCUT2D eigenvalue weighted by atomic mass is 10.0. The minimum absolute atomic E-state index is 0.289. The van der Waals surface area contributed by atoms with Gasteiger partial charge in [-0.15, -0.1) is 0 Å². The van der Waals surface area contributed by atoms with Gasteiger partial charge in [-0.05, 0) is 25.5 Å². The lowest BCUT2D eigenvalue weighted by Gasteiger charge is -2.17. The SMILES string of the molecule is CC(C)Nc1nc2ccccc2c(Cl)c1-c1ccccc1. The van der Waals surface area contributed by atoms with Crippen LogP contribution in [0.2, 0.25) is 5.02 Å². The Morgan fingerprint density at radius 2 is 1.62 bits per heavy atom. The molecule has 0 atom stereocenters. The molecule has 3 rings (SSSR count). The van der Waals surface area contributed by atoms with Gasteiger partial charge in [0.15, 0.2) is 0 Å². The van der Waals surface area contributed by atoms with Crippen LogP contribution in [0.4, 0.5) is 5.82 Å². The number of halogens is 1. The molecule has 0 saturated carbocycles. The fourth-order valence-corrected chi connectivity index (χ4v) is 2.78. The van der Waals surface area contributed by atoms with Crippen LogP contribution in [0.5, 0.6) is 0 Å². The molecule has 3 aromatic rings. The maximum Gasteiger partial charge on any atom is 0.136 e. The van der Waals surface area contributed by atoms with Gasteiger partial charge in [0.2, 0.25) is 0 Å². The first-order valence-electron chi connectivity index (χ1n) is 7.07. The van der Waals surface area contributed by atoms with Gasteiger partial charge in [0.25, 0.3) is 0 Å². The fraction of sp³-hybridized carbons (Fsp3) is 0.167. The van der Waals surface area contributed by atoms with E-state index in [-0.39, 0.29) is 6.04 Å². The highest BCUT2D eigenvalue weighted by Crippen LogP contribution is 2.38. The van der Waals surface area contributed by atoms with Crippen LogP contribution in [-0.4, -0.2) is 11.0 Å². The molecule has 0 amide bonds. The van der Waals surface area contributed by atoms with Crippen molar-refractivity contribution in [3.8, 4) is 11.1 Å². The maximum atomic E-state index is 6.68. The molecule has 1 heterocycles. The maximum absolute atomic E-state index is 6.68. The Bertz CT molecular complexity index is 767. The van der Waals surface area contributed by atoms with Gasteiger partial charge in [-0.25, -0.2) is 4.98 Å². The number of para-hydroxylation sites is 1. The minimum Gasteiger partial charge on any atom is -0.367 e. The molecule has 21 heavy (non-hydrogen) atoms. The highest BCUT2D eigenvalue weighted by Gasteiger charge is 2.15. The van der Waals surface area contributed by atoms with Crippen LogP contribution in [-0.2, 0) is 0 Å². The average molecular weight is 297 g/mol. The zero-order valence-electron chi connectivity index (χ0n) is 12.1. The van der Waals surface area contributed by atoms with Crippen LogP contribution in [0.1, 0.15) is 13.8 Å². The third-order valence-electron chi connectivity index (χ3n) is 3.32. The van der Waals surface area contributed by atoms with Crippen molar-refractivity contribution in [2.75, 3.05) is 5.32 Å². The summed E-state index contributed by atoms with van der Waals surface area (Å²) in [5.74, 6) is 0.833. The molecule has 0 aliphatic rings. The number of pyridine rings is 1. The number of fused-ring (bicyclic) bond motifs is 1. The molecular formula is C18H17ClN2. The molecule has 3 heteroatoms. The summed E-state index contributed by atoms with van der Waals surface area (Å²) in [5, 5.41) is 5.13. The largest absolute Gasteiger partial charge is 0.367 e. The topological polar surface area (TPSA) is 24.9 Å². The lowest BCUT2D eigenvalue weighted by Crippen LogP contribution is -2.12. The van der Waals surface area contributed by atoms with Gasteiger partial charge < -0.3 is 5.32 Å². The smallest absolute Gasteiger partial charge is 0.136 e. The van der Waals surface area contributed by atoms with Crippen LogP contribution in [0.25, 0.3) is 22.0 Å². The van der Waals surface area contributed by atoms with Crippen LogP contribution < -0.4 is 5.32 Å². The predicted molar refractivity (Wildman–Crippen MR) is 90.9 cm³/mol. The Morgan fingerprint density at radius 3 is 2.33 bits per heavy atom. The van der Waals surface area contributed by atoms with E-state index < -0.39 is 0 Å². The minimum atomic E-state index is 0.289. The number of rotatable bonds is 3. The highest BCUT2D eigenvalue weighted by molar-refractivity contribution is 6.38. The molecule has 0 aliphatic carbocycles. The molecule has 0 unspecified atom stereocenters. The van der Waals surface area contributed by atoms with E-state index in [4.69, 9.17) is 16.6 Å². The monoisotopic (exact) mass is 296 g/mol. The summed E-state index contributed by atoms with van der Waals surface area (Å²) in [6.07, 6.45) is 0. The second-order valence-electron chi connectivity index (χ2n) is 5.33. The molecule has 2 nitrogen and oxygen atoms in total. The standard InChI is InChI=1S/C18H17ClN2/c1-12(2)20-18-16(13-8-4-3-5-9-13)17(19)14-10-6-7-11-15(14)21-18/h3-12H,1-2H3,(H,20,21). The summed E-state index contributed by atoms with van der Waals surface area (Å²) in [4.78, 5) is 4.76. The Balaban J connectivity index is 2.31. The molecule has 1 aromatic heterocycles. The molecule has 0 spiro atoms. The van der Waals surface area contributed by atoms with Gasteiger partial charge >= 0.3 is 0 Å². The summed E-state index contributed by atoms with van der Waals surface area (Å²) in [7, 11) is 0. The summed E-state index contributed by atoms with van der Waals surface area (Å²) in [5.41, 5.74) is 2.94. The van der Waals surface area contributed by atoms with Crippen molar-refractivity contribution >= 4 is 28.3 Å². The Hall–Kier alpha value is -2.06. The Morgan fingerprint density at radius 1 is 0.952 bits per heavy atom. The first kappa shape index (κ1) is 13.9. The van der Waals surface area contributed by atoms with Crippen molar-refractivity contribution < 1.29 is 0 Å². The van der Waals surface area contributed by atoms with Crippen molar-refractivity contribution in [2.45, 2.75) is 19.9 Å². The number of benzene rings is 2. The van der Waals surface area contributed by atoms with Crippen LogP contribution in [0.3, 0.4) is 0 Å². The average Bonchev–Trinajstić information content (AvgIpc) is 2.48. The van der Waals surface area contributed by atoms with E-state index in [0.717, 1.165) is 32.9 Å². The second-order valence-corrected chi connectivity index (χ2v) is 5.71. The van der Waals surface area contributed by atoms with Gasteiger partial charge in [0, 0.05) is 17.0 Å². The number of anilines is 1. The quantitative estimate of drug-likeness (QED) is 0.702. The van der Waals surface area contributed by atoms with E-state index in [1.807, 2.05) is 42.5 Å². The zero-order chi connectivity index (χ0) is 14.8. The van der Waals surface area contributed by atoms with Gasteiger partial charge in [0.05, 0.1) is 10.5 Å². The molecule has 0 radical (unpaired) electrons. The third kappa shape index (κ3) is 2.72. The van der Waals surface area contributed by atoms with E-state index in [1.165, 1.54) is 0 Å². The summed E-state index contributed by atoms with van der Waals surface area (Å²) < 4.78 is 0. The number of hydrogen-bond donors (Lipinski definition) is 1. The first-order valence-corrected chi connectivity index (χ1v) is 7.45. The van der Waals surface area contributed by atoms with Crippen molar-refractivity contribution in [1.82, 2.24) is 4.98 Å². The third-order valence-corrected chi connectivity index (χ3v) is 3.71. The molecule has 0 aliphatic heterocycles. The fourth-order valence-electron chi connectivity index (χ4n) is 2.42. The second kappa shape index (κ2) is 5.74. The number of nitrogens with zero attached hydrogens (tertiary/aromatic N) is 1. The molecule has 106 valence electrons. The first-order chi connectivity index (χ1) is 10.2. The number of aromatic nitrogens is 1. The lowest BCUT2D eigenvalue weighted by molar-refractivity contribution is 0.892. The van der Waals surface area contributed by atoms with Crippen LogP contribution in [0.15, 0.2) is 54.6 Å². The van der Waals surface area contributed by atoms with E-state index >= 15 is 0 Å². The molecule has 1 N–H and O–H groups in total. The van der Waals surface area contributed by atoms with Crippen LogP contribution in [0, 0.1) is 0 Å².